The molecule has 2 N–H and O–H groups in total. The van der Waals surface area contributed by atoms with Crippen molar-refractivity contribution in [2.75, 3.05) is 10.6 Å². The summed E-state index contributed by atoms with van der Waals surface area (Å²) in [5.74, 6) is -4.33. The minimum atomic E-state index is -0.919. The van der Waals surface area contributed by atoms with Crippen molar-refractivity contribution in [1.29, 1.82) is 0 Å². The van der Waals surface area contributed by atoms with E-state index in [4.69, 9.17) is 0 Å². The second kappa shape index (κ2) is 20.3. The van der Waals surface area contributed by atoms with Gasteiger partial charge in [-0.1, -0.05) is 12.1 Å². The Morgan fingerprint density at radius 1 is 0.531 bits per heavy atom. The molecule has 0 unspecified atom stereocenters. The minimum absolute atomic E-state index is 0. The van der Waals surface area contributed by atoms with Gasteiger partial charge in [-0.3, -0.25) is 9.59 Å². The number of carbonyl (C=O) groups excluding carboxylic acids is 2. The van der Waals surface area contributed by atoms with E-state index >= 15 is 0 Å². The van der Waals surface area contributed by atoms with Crippen molar-refractivity contribution in [2.45, 2.75) is 27.7 Å². The molecule has 0 aliphatic rings. The molecular formula is C40H34F4N2O2Ti. The average molecular weight is 699 g/mol. The molecule has 0 fully saturated rings. The fourth-order valence-electron chi connectivity index (χ4n) is 3.88. The van der Waals surface area contributed by atoms with Crippen LogP contribution in [0.2, 0.25) is 0 Å². The van der Waals surface area contributed by atoms with E-state index in [1.807, 2.05) is 113 Å². The third kappa shape index (κ3) is 13.5. The van der Waals surface area contributed by atoms with E-state index in [0.717, 1.165) is 34.4 Å². The van der Waals surface area contributed by atoms with E-state index in [2.05, 4.69) is 10.6 Å². The third-order valence-electron chi connectivity index (χ3n) is 6.87. The number of nitrogens with one attached hydrogen (secondary N) is 2. The van der Waals surface area contributed by atoms with Crippen molar-refractivity contribution in [3.05, 3.63) is 190 Å². The number of halogens is 4. The molecule has 0 aromatic heterocycles. The number of rotatable bonds is 4. The van der Waals surface area contributed by atoms with E-state index in [9.17, 15) is 27.2 Å². The van der Waals surface area contributed by atoms with Gasteiger partial charge in [0.2, 0.25) is 11.8 Å². The molecule has 9 heteroatoms. The van der Waals surface area contributed by atoms with Gasteiger partial charge in [0, 0.05) is 34.4 Å². The Morgan fingerprint density at radius 3 is 1.14 bits per heavy atom. The largest absolute Gasteiger partial charge is 4.00 e. The number of aryl methyl sites for hydroxylation is 4. The van der Waals surface area contributed by atoms with Crippen molar-refractivity contribution in [1.82, 2.24) is 0 Å². The van der Waals surface area contributed by atoms with Crippen molar-refractivity contribution in [3.63, 3.8) is 0 Å². The fourth-order valence-corrected chi connectivity index (χ4v) is 3.88. The van der Waals surface area contributed by atoms with Crippen LogP contribution in [-0.4, -0.2) is 11.8 Å². The van der Waals surface area contributed by atoms with Gasteiger partial charge in [-0.15, -0.1) is 36.4 Å². The topological polar surface area (TPSA) is 58.2 Å². The average Bonchev–Trinajstić information content (AvgIpc) is 3.83. The molecule has 6 aromatic carbocycles. The van der Waals surface area contributed by atoms with Gasteiger partial charge < -0.3 is 10.6 Å². The van der Waals surface area contributed by atoms with Gasteiger partial charge >= 0.3 is 21.7 Å². The van der Waals surface area contributed by atoms with E-state index in [1.54, 1.807) is 24.3 Å². The monoisotopic (exact) mass is 698 g/mol. The molecule has 0 heterocycles. The smallest absolute Gasteiger partial charge is 0.373 e. The van der Waals surface area contributed by atoms with Crippen LogP contribution < -0.4 is 10.6 Å². The third-order valence-corrected chi connectivity index (χ3v) is 6.87. The maximum absolute atomic E-state index is 13.4. The summed E-state index contributed by atoms with van der Waals surface area (Å²) in [6.07, 6.45) is 0. The molecule has 0 saturated heterocycles. The summed E-state index contributed by atoms with van der Waals surface area (Å²) in [5, 5.41) is 4.78. The first-order chi connectivity index (χ1) is 22.9. The number of hydrogen-bond donors (Lipinski definition) is 2. The van der Waals surface area contributed by atoms with E-state index in [0.29, 0.717) is 11.1 Å². The molecule has 0 saturated carbocycles. The first-order valence-corrected chi connectivity index (χ1v) is 14.8. The number of hydrogen-bond acceptors (Lipinski definition) is 2. The summed E-state index contributed by atoms with van der Waals surface area (Å²) < 4.78 is 52.1. The number of benzene rings is 4. The maximum Gasteiger partial charge on any atom is 4.00 e. The van der Waals surface area contributed by atoms with Crippen LogP contribution in [0.1, 0.15) is 43.0 Å². The summed E-state index contributed by atoms with van der Waals surface area (Å²) in [6, 6.07) is 38.5. The molecule has 0 spiro atoms. The van der Waals surface area contributed by atoms with Gasteiger partial charge in [-0.05, 0) is 85.6 Å². The van der Waals surface area contributed by atoms with Crippen molar-refractivity contribution < 1.29 is 48.9 Å². The fraction of sp³-hybridized carbons (Fsp3) is 0.100. The Hall–Kier alpha value is -5.05. The standard InChI is InChI=1S/2C15H12F2NO.2C5H5.Ti/c2*1-9-3-4-11(7-10(9)2)15(19)18-14-6-5-12(16)8-13(14)17;2*1-2-4-5-3-1;/h2*3-7H,1-2H3,(H,18,19);2*1-5H;/q4*-1;+4. The molecule has 0 bridgehead atoms. The van der Waals surface area contributed by atoms with E-state index < -0.39 is 35.1 Å². The van der Waals surface area contributed by atoms with Gasteiger partial charge in [0.15, 0.2) is 0 Å². The predicted molar refractivity (Wildman–Crippen MR) is 182 cm³/mol. The Bertz CT molecular complexity index is 1730. The van der Waals surface area contributed by atoms with E-state index in [-0.39, 0.29) is 33.1 Å². The summed E-state index contributed by atoms with van der Waals surface area (Å²) >= 11 is 0. The molecule has 0 atom stereocenters. The van der Waals surface area contributed by atoms with Crippen molar-refractivity contribution in [2.24, 2.45) is 0 Å². The Morgan fingerprint density at radius 2 is 0.878 bits per heavy atom. The van der Waals surface area contributed by atoms with Crippen LogP contribution in [0.25, 0.3) is 0 Å². The first kappa shape index (κ1) is 40.1. The van der Waals surface area contributed by atoms with Crippen molar-refractivity contribution >= 4 is 23.2 Å². The van der Waals surface area contributed by atoms with Crippen LogP contribution in [0, 0.1) is 63.1 Å². The summed E-state index contributed by atoms with van der Waals surface area (Å²) in [4.78, 5) is 23.9. The second-order valence-electron chi connectivity index (χ2n) is 10.5. The molecule has 6 rings (SSSR count). The summed E-state index contributed by atoms with van der Waals surface area (Å²) in [7, 11) is 0. The summed E-state index contributed by atoms with van der Waals surface area (Å²) in [6.45, 7) is 7.65. The molecule has 49 heavy (non-hydrogen) atoms. The molecule has 0 radical (unpaired) electrons. The quantitative estimate of drug-likeness (QED) is 0.109. The van der Waals surface area contributed by atoms with Crippen LogP contribution in [0.15, 0.2) is 121 Å². The Labute approximate surface area is 299 Å². The molecular weight excluding hydrogens is 664 g/mol. The second-order valence-corrected chi connectivity index (χ2v) is 10.5. The molecule has 2 amide bonds. The number of carbonyl (C=O) groups is 2. The summed E-state index contributed by atoms with van der Waals surface area (Å²) in [5.41, 5.74) is 4.74. The first-order valence-electron chi connectivity index (χ1n) is 14.8. The maximum atomic E-state index is 13.4. The number of amides is 2. The van der Waals surface area contributed by atoms with Crippen LogP contribution in [-0.2, 0) is 21.7 Å². The normalized spacial score (nSPS) is 9.63. The number of anilines is 2. The zero-order valence-corrected chi connectivity index (χ0v) is 28.9. The van der Waals surface area contributed by atoms with Crippen LogP contribution in [0.5, 0.6) is 0 Å². The van der Waals surface area contributed by atoms with Crippen LogP contribution in [0.4, 0.5) is 28.9 Å². The van der Waals surface area contributed by atoms with Crippen LogP contribution >= 0.6 is 0 Å². The Kier molecular flexibility index (Phi) is 16.7. The van der Waals surface area contributed by atoms with Crippen molar-refractivity contribution in [3.8, 4) is 0 Å². The zero-order chi connectivity index (χ0) is 35.1. The predicted octanol–water partition coefficient (Wildman–Crippen LogP) is 10.1. The van der Waals surface area contributed by atoms with Gasteiger partial charge in [0.25, 0.3) is 0 Å². The van der Waals surface area contributed by atoms with Crippen LogP contribution in [0.3, 0.4) is 0 Å². The van der Waals surface area contributed by atoms with Gasteiger partial charge in [0.05, 0.1) is 0 Å². The molecule has 0 aliphatic heterocycles. The van der Waals surface area contributed by atoms with Gasteiger partial charge in [-0.25, -0.2) is 41.8 Å². The van der Waals surface area contributed by atoms with Gasteiger partial charge in [-0.2, -0.15) is 36.4 Å². The van der Waals surface area contributed by atoms with Gasteiger partial charge in [0.1, 0.15) is 0 Å². The van der Waals surface area contributed by atoms with E-state index in [1.165, 1.54) is 12.1 Å². The molecule has 248 valence electrons. The molecule has 4 nitrogen and oxygen atoms in total. The molecule has 0 aliphatic carbocycles. The zero-order valence-electron chi connectivity index (χ0n) is 27.4. The minimum Gasteiger partial charge on any atom is -0.373 e. The SMILES string of the molecule is Cc1ccc(C(=O)Nc2ccc(F)[c-]c2F)cc1C.Cc1ccc(C(=O)Nc2ccc(F)[c-]c2F)cc1C.[Ti+4].c1cc[cH-]c1.c1cc[cH-]c1. The Balaban J connectivity index is 0.000000260. The molecule has 6 aromatic rings.